The Balaban J connectivity index is 1.46. The molecule has 2 N–H and O–H groups in total. The number of furan rings is 1. The number of thiophene rings is 1. The molecule has 0 fully saturated rings. The number of benzene rings is 1. The molecular weight excluding hydrogens is 476 g/mol. The van der Waals surface area contributed by atoms with E-state index in [4.69, 9.17) is 4.42 Å². The average Bonchev–Trinajstić information content (AvgIpc) is 3.53. The van der Waals surface area contributed by atoms with Gasteiger partial charge in [0.1, 0.15) is 9.97 Å². The molecule has 11 heteroatoms. The zero-order valence-corrected chi connectivity index (χ0v) is 20.5. The van der Waals surface area contributed by atoms with Crippen molar-refractivity contribution in [3.05, 3.63) is 65.4 Å². The Morgan fingerprint density at radius 2 is 2.00 bits per heavy atom. The smallest absolute Gasteiger partial charge is 0.313 e. The Morgan fingerprint density at radius 3 is 2.68 bits per heavy atom. The van der Waals surface area contributed by atoms with E-state index in [0.29, 0.717) is 30.1 Å². The molecule has 2 aromatic heterocycles. The Kier molecular flexibility index (Phi) is 7.05. The number of hydrogen-bond acceptors (Lipinski definition) is 7. The number of hydrogen-bond donors (Lipinski definition) is 2. The van der Waals surface area contributed by atoms with Crippen molar-refractivity contribution in [2.45, 2.75) is 23.1 Å². The summed E-state index contributed by atoms with van der Waals surface area (Å²) in [6, 6.07) is 11.7. The maximum Gasteiger partial charge on any atom is 0.313 e. The number of aryl methyl sites for hydroxylation is 1. The summed E-state index contributed by atoms with van der Waals surface area (Å²) >= 11 is 1.16. The number of carbonyl (C=O) groups is 2. The van der Waals surface area contributed by atoms with E-state index in [1.54, 1.807) is 54.1 Å². The number of nitrogens with zero attached hydrogens (tertiary/aromatic N) is 2. The lowest BCUT2D eigenvalue weighted by Crippen LogP contribution is -2.40. The van der Waals surface area contributed by atoms with Gasteiger partial charge in [0.2, 0.25) is 0 Å². The number of carbonyl (C=O) groups excluding carboxylic acids is 2. The molecule has 1 aromatic carbocycles. The van der Waals surface area contributed by atoms with Crippen molar-refractivity contribution in [2.24, 2.45) is 0 Å². The van der Waals surface area contributed by atoms with Gasteiger partial charge in [-0.1, -0.05) is 12.1 Å². The Labute approximate surface area is 202 Å². The lowest BCUT2D eigenvalue weighted by atomic mass is 10.0. The molecule has 0 radical (unpaired) electrons. The first-order valence-electron chi connectivity index (χ1n) is 10.8. The van der Waals surface area contributed by atoms with Gasteiger partial charge in [0.05, 0.1) is 18.0 Å². The van der Waals surface area contributed by atoms with E-state index in [1.807, 2.05) is 19.0 Å². The van der Waals surface area contributed by atoms with Crippen LogP contribution >= 0.6 is 11.3 Å². The summed E-state index contributed by atoms with van der Waals surface area (Å²) in [6.07, 6.45) is 2.99. The topological polar surface area (TPSA) is 112 Å². The second-order valence-electron chi connectivity index (χ2n) is 8.12. The van der Waals surface area contributed by atoms with E-state index in [9.17, 15) is 18.0 Å². The summed E-state index contributed by atoms with van der Waals surface area (Å²) in [6.45, 7) is 0.535. The van der Waals surface area contributed by atoms with Crippen LogP contribution in [0.1, 0.15) is 23.8 Å². The molecule has 1 unspecified atom stereocenters. The fourth-order valence-corrected chi connectivity index (χ4v) is 6.50. The van der Waals surface area contributed by atoms with Crippen molar-refractivity contribution in [1.82, 2.24) is 10.2 Å². The minimum atomic E-state index is -3.70. The second kappa shape index (κ2) is 10.00. The maximum absolute atomic E-state index is 13.1. The molecule has 3 aromatic rings. The molecule has 180 valence electrons. The second-order valence-corrected chi connectivity index (χ2v) is 11.2. The highest BCUT2D eigenvalue weighted by molar-refractivity contribution is 7.94. The van der Waals surface area contributed by atoms with Crippen LogP contribution in [0.25, 0.3) is 0 Å². The first kappa shape index (κ1) is 24.0. The van der Waals surface area contributed by atoms with Crippen LogP contribution in [0.3, 0.4) is 0 Å². The van der Waals surface area contributed by atoms with Crippen LogP contribution in [-0.2, 0) is 26.0 Å². The summed E-state index contributed by atoms with van der Waals surface area (Å²) in [7, 11) is 0.00424. The predicted octanol–water partition coefficient (Wildman–Crippen LogP) is 2.84. The molecule has 0 aliphatic carbocycles. The molecule has 0 bridgehead atoms. The van der Waals surface area contributed by atoms with Crippen LogP contribution < -0.4 is 14.9 Å². The highest BCUT2D eigenvalue weighted by atomic mass is 32.2. The first-order chi connectivity index (χ1) is 16.3. The largest absolute Gasteiger partial charge is 0.468 e. The molecule has 34 heavy (non-hydrogen) atoms. The molecule has 4 rings (SSSR count). The first-order valence-corrected chi connectivity index (χ1v) is 13.1. The van der Waals surface area contributed by atoms with Crippen LogP contribution in [0.4, 0.5) is 11.4 Å². The number of fused-ring (bicyclic) bond motifs is 1. The van der Waals surface area contributed by atoms with Crippen LogP contribution in [0.5, 0.6) is 0 Å². The summed E-state index contributed by atoms with van der Waals surface area (Å²) in [5.74, 6) is -0.952. The highest BCUT2D eigenvalue weighted by Gasteiger charge is 2.30. The zero-order valence-electron chi connectivity index (χ0n) is 18.9. The normalized spacial score (nSPS) is 14.5. The van der Waals surface area contributed by atoms with Gasteiger partial charge in [-0.15, -0.1) is 11.3 Å². The summed E-state index contributed by atoms with van der Waals surface area (Å²) in [5, 5.41) is 6.93. The van der Waals surface area contributed by atoms with E-state index in [-0.39, 0.29) is 16.8 Å². The molecule has 2 amide bonds. The summed E-state index contributed by atoms with van der Waals surface area (Å²) in [5.41, 5.74) is 1.74. The number of rotatable bonds is 7. The number of nitrogens with one attached hydrogen (secondary N) is 2. The number of sulfonamides is 1. The Morgan fingerprint density at radius 1 is 1.18 bits per heavy atom. The van der Waals surface area contributed by atoms with E-state index in [0.717, 1.165) is 23.3 Å². The molecule has 9 nitrogen and oxygen atoms in total. The lowest BCUT2D eigenvalue weighted by molar-refractivity contribution is -0.136. The van der Waals surface area contributed by atoms with Crippen LogP contribution in [0.2, 0.25) is 0 Å². The van der Waals surface area contributed by atoms with Gasteiger partial charge in [0.25, 0.3) is 10.0 Å². The van der Waals surface area contributed by atoms with Gasteiger partial charge in [-0.05, 0) is 68.2 Å². The van der Waals surface area contributed by atoms with Crippen molar-refractivity contribution >= 4 is 44.5 Å². The highest BCUT2D eigenvalue weighted by Crippen LogP contribution is 2.35. The number of anilines is 2. The molecular formula is C23H26N4O5S2. The van der Waals surface area contributed by atoms with Crippen molar-refractivity contribution in [1.29, 1.82) is 0 Å². The van der Waals surface area contributed by atoms with Crippen molar-refractivity contribution in [3.63, 3.8) is 0 Å². The van der Waals surface area contributed by atoms with Crippen molar-refractivity contribution in [2.75, 3.05) is 36.8 Å². The Bertz CT molecular complexity index is 1250. The minimum absolute atomic E-state index is 0.184. The van der Waals surface area contributed by atoms with Gasteiger partial charge in [0.15, 0.2) is 0 Å². The number of likely N-dealkylation sites (N-methyl/N-ethyl adjacent to an activating group) is 1. The van der Waals surface area contributed by atoms with Gasteiger partial charge < -0.3 is 15.1 Å². The van der Waals surface area contributed by atoms with Gasteiger partial charge in [-0.3, -0.25) is 18.8 Å². The van der Waals surface area contributed by atoms with E-state index < -0.39 is 21.8 Å². The quantitative estimate of drug-likeness (QED) is 0.481. The Hall–Kier alpha value is -3.15. The third-order valence-electron chi connectivity index (χ3n) is 5.62. The van der Waals surface area contributed by atoms with Crippen LogP contribution in [-0.4, -0.2) is 52.3 Å². The van der Waals surface area contributed by atoms with Crippen LogP contribution in [0.15, 0.2) is 62.7 Å². The number of amides is 2. The fourth-order valence-electron chi connectivity index (χ4n) is 3.86. The van der Waals surface area contributed by atoms with E-state index in [2.05, 4.69) is 10.6 Å². The van der Waals surface area contributed by atoms with Crippen molar-refractivity contribution in [3.8, 4) is 0 Å². The summed E-state index contributed by atoms with van der Waals surface area (Å²) < 4.78 is 33.3. The van der Waals surface area contributed by atoms with Gasteiger partial charge in [-0.25, -0.2) is 8.42 Å². The molecule has 0 spiro atoms. The van der Waals surface area contributed by atoms with E-state index in [1.165, 1.54) is 4.31 Å². The molecule has 0 saturated heterocycles. The van der Waals surface area contributed by atoms with Gasteiger partial charge in [-0.2, -0.15) is 0 Å². The monoisotopic (exact) mass is 502 g/mol. The van der Waals surface area contributed by atoms with Crippen LogP contribution in [0, 0.1) is 0 Å². The minimum Gasteiger partial charge on any atom is -0.468 e. The zero-order chi connectivity index (χ0) is 24.3. The lowest BCUT2D eigenvalue weighted by Gasteiger charge is -2.30. The van der Waals surface area contributed by atoms with Crippen molar-refractivity contribution < 1.29 is 22.4 Å². The summed E-state index contributed by atoms with van der Waals surface area (Å²) in [4.78, 5) is 26.8. The molecule has 1 atom stereocenters. The van der Waals surface area contributed by atoms with Gasteiger partial charge >= 0.3 is 11.8 Å². The van der Waals surface area contributed by atoms with Gasteiger partial charge in [0, 0.05) is 18.8 Å². The molecule has 0 saturated carbocycles. The third-order valence-corrected chi connectivity index (χ3v) is 8.80. The SMILES string of the molecule is CN(C)C(CNC(=O)C(=O)Nc1ccc2c(c1)N(S(=O)(=O)c1cccs1)CCC2)c1ccco1. The fraction of sp³-hybridized carbons (Fsp3) is 0.304. The molecule has 1 aliphatic heterocycles. The maximum atomic E-state index is 13.1. The standard InChI is InChI=1S/C23H26N4O5S2/c1-26(2)19(20-7-4-12-32-20)15-24-22(28)23(29)25-17-10-9-16-6-3-11-27(18(16)14-17)34(30,31)21-8-5-13-33-21/h4-5,7-10,12-14,19H,3,6,11,15H2,1-2H3,(H,24,28)(H,25,29). The molecule has 3 heterocycles. The third kappa shape index (κ3) is 5.01. The average molecular weight is 503 g/mol. The predicted molar refractivity (Wildman–Crippen MR) is 130 cm³/mol. The molecule has 1 aliphatic rings. The van der Waals surface area contributed by atoms with E-state index >= 15 is 0 Å².